The van der Waals surface area contributed by atoms with E-state index in [0.29, 0.717) is 0 Å². The van der Waals surface area contributed by atoms with Crippen LogP contribution in [-0.4, -0.2) is 9.97 Å². The van der Waals surface area contributed by atoms with Crippen LogP contribution in [0.15, 0.2) is 48.8 Å². The van der Waals surface area contributed by atoms with Crippen molar-refractivity contribution in [3.05, 3.63) is 59.9 Å². The molecule has 2 heteroatoms. The van der Waals surface area contributed by atoms with Gasteiger partial charge in [0.25, 0.3) is 0 Å². The van der Waals surface area contributed by atoms with Gasteiger partial charge in [0, 0.05) is 10.9 Å². The van der Waals surface area contributed by atoms with Gasteiger partial charge in [-0.05, 0) is 23.0 Å². The minimum Gasteiger partial charge on any atom is -0.236 e. The van der Waals surface area contributed by atoms with Crippen LogP contribution in [0.3, 0.4) is 0 Å². The fourth-order valence-corrected chi connectivity index (χ4v) is 2.79. The number of fused-ring (bicyclic) bond motifs is 1. The monoisotopic (exact) mass is 290 g/mol. The summed E-state index contributed by atoms with van der Waals surface area (Å²) in [6.45, 7) is 8.86. The molecule has 0 unspecified atom stereocenters. The SMILES string of the molecule is CCc1cccc2c(-c3ccc(C(C)(C)C)cc3)ncnc12. The highest BCUT2D eigenvalue weighted by Gasteiger charge is 2.14. The minimum absolute atomic E-state index is 0.168. The second-order valence-electron chi connectivity index (χ2n) is 6.72. The van der Waals surface area contributed by atoms with E-state index in [0.717, 1.165) is 28.6 Å². The third-order valence-corrected chi connectivity index (χ3v) is 4.15. The summed E-state index contributed by atoms with van der Waals surface area (Å²) in [7, 11) is 0. The van der Waals surface area contributed by atoms with E-state index in [1.54, 1.807) is 6.33 Å². The fraction of sp³-hybridized carbons (Fsp3) is 0.300. The number of aryl methyl sites for hydroxylation is 1. The summed E-state index contributed by atoms with van der Waals surface area (Å²) in [4.78, 5) is 9.02. The second-order valence-corrected chi connectivity index (χ2v) is 6.72. The average Bonchev–Trinajstić information content (AvgIpc) is 2.53. The van der Waals surface area contributed by atoms with Crippen molar-refractivity contribution < 1.29 is 0 Å². The van der Waals surface area contributed by atoms with Gasteiger partial charge in [-0.25, -0.2) is 9.97 Å². The first-order valence-corrected chi connectivity index (χ1v) is 7.84. The summed E-state index contributed by atoms with van der Waals surface area (Å²) < 4.78 is 0. The van der Waals surface area contributed by atoms with Gasteiger partial charge in [-0.15, -0.1) is 0 Å². The van der Waals surface area contributed by atoms with Crippen molar-refractivity contribution >= 4 is 10.9 Å². The molecule has 0 saturated carbocycles. The zero-order chi connectivity index (χ0) is 15.7. The number of rotatable bonds is 2. The van der Waals surface area contributed by atoms with E-state index < -0.39 is 0 Å². The zero-order valence-electron chi connectivity index (χ0n) is 13.7. The Balaban J connectivity index is 2.14. The highest BCUT2D eigenvalue weighted by molar-refractivity contribution is 5.93. The van der Waals surface area contributed by atoms with Crippen LogP contribution in [0.1, 0.15) is 38.8 Å². The molecule has 0 aliphatic heterocycles. The molecule has 22 heavy (non-hydrogen) atoms. The van der Waals surface area contributed by atoms with E-state index in [-0.39, 0.29) is 5.41 Å². The first-order chi connectivity index (χ1) is 10.5. The molecule has 0 aliphatic rings. The van der Waals surface area contributed by atoms with Crippen molar-refractivity contribution in [2.75, 3.05) is 0 Å². The average molecular weight is 290 g/mol. The molecule has 112 valence electrons. The number of hydrogen-bond donors (Lipinski definition) is 0. The summed E-state index contributed by atoms with van der Waals surface area (Å²) in [5, 5.41) is 1.13. The highest BCUT2D eigenvalue weighted by Crippen LogP contribution is 2.29. The van der Waals surface area contributed by atoms with Crippen LogP contribution in [0.25, 0.3) is 22.2 Å². The number of para-hydroxylation sites is 1. The Morgan fingerprint density at radius 2 is 1.64 bits per heavy atom. The van der Waals surface area contributed by atoms with Crippen molar-refractivity contribution in [1.29, 1.82) is 0 Å². The molecule has 3 rings (SSSR count). The van der Waals surface area contributed by atoms with Crippen LogP contribution < -0.4 is 0 Å². The van der Waals surface area contributed by atoms with Crippen molar-refractivity contribution in [1.82, 2.24) is 9.97 Å². The van der Waals surface area contributed by atoms with Crippen LogP contribution in [0.5, 0.6) is 0 Å². The molecule has 0 aliphatic carbocycles. The summed E-state index contributed by atoms with van der Waals surface area (Å²) in [6, 6.07) is 15.1. The molecule has 3 aromatic rings. The smallest absolute Gasteiger partial charge is 0.116 e. The molecule has 0 saturated heterocycles. The minimum atomic E-state index is 0.168. The van der Waals surface area contributed by atoms with Crippen molar-refractivity contribution in [2.24, 2.45) is 0 Å². The Kier molecular flexibility index (Phi) is 3.69. The number of aromatic nitrogens is 2. The predicted octanol–water partition coefficient (Wildman–Crippen LogP) is 5.16. The Hall–Kier alpha value is -2.22. The Morgan fingerprint density at radius 1 is 0.909 bits per heavy atom. The van der Waals surface area contributed by atoms with Gasteiger partial charge in [-0.3, -0.25) is 0 Å². The van der Waals surface area contributed by atoms with Crippen molar-refractivity contribution in [2.45, 2.75) is 39.5 Å². The van der Waals surface area contributed by atoms with Crippen LogP contribution in [-0.2, 0) is 11.8 Å². The molecule has 0 amide bonds. The lowest BCUT2D eigenvalue weighted by Crippen LogP contribution is -2.10. The highest BCUT2D eigenvalue weighted by atomic mass is 14.8. The van der Waals surface area contributed by atoms with E-state index >= 15 is 0 Å². The molecule has 0 radical (unpaired) electrons. The maximum atomic E-state index is 4.53. The first kappa shape index (κ1) is 14.7. The van der Waals surface area contributed by atoms with Gasteiger partial charge in [0.1, 0.15) is 6.33 Å². The van der Waals surface area contributed by atoms with Gasteiger partial charge in [-0.1, -0.05) is 70.2 Å². The van der Waals surface area contributed by atoms with E-state index in [4.69, 9.17) is 0 Å². The van der Waals surface area contributed by atoms with E-state index in [9.17, 15) is 0 Å². The maximum Gasteiger partial charge on any atom is 0.116 e. The van der Waals surface area contributed by atoms with Gasteiger partial charge in [0.2, 0.25) is 0 Å². The summed E-state index contributed by atoms with van der Waals surface area (Å²) in [5.74, 6) is 0. The van der Waals surface area contributed by atoms with E-state index in [1.165, 1.54) is 11.1 Å². The first-order valence-electron chi connectivity index (χ1n) is 7.84. The lowest BCUT2D eigenvalue weighted by atomic mass is 9.86. The Morgan fingerprint density at radius 3 is 2.27 bits per heavy atom. The normalized spacial score (nSPS) is 11.8. The molecule has 0 fully saturated rings. The lowest BCUT2D eigenvalue weighted by molar-refractivity contribution is 0.590. The molecule has 0 N–H and O–H groups in total. The van der Waals surface area contributed by atoms with E-state index in [1.807, 2.05) is 0 Å². The van der Waals surface area contributed by atoms with Gasteiger partial charge in [-0.2, -0.15) is 0 Å². The third-order valence-electron chi connectivity index (χ3n) is 4.15. The van der Waals surface area contributed by atoms with Crippen LogP contribution in [0.2, 0.25) is 0 Å². The fourth-order valence-electron chi connectivity index (χ4n) is 2.79. The Labute approximate surface area is 132 Å². The van der Waals surface area contributed by atoms with Crippen molar-refractivity contribution in [3.63, 3.8) is 0 Å². The van der Waals surface area contributed by atoms with Gasteiger partial charge in [0.05, 0.1) is 11.2 Å². The Bertz CT molecular complexity index is 796. The standard InChI is InChI=1S/C20H22N2/c1-5-14-7-6-8-17-18(14)21-13-22-19(17)15-9-11-16(12-10-15)20(2,3)4/h6-13H,5H2,1-4H3. The number of nitrogens with zero attached hydrogens (tertiary/aromatic N) is 2. The molecule has 2 nitrogen and oxygen atoms in total. The number of benzene rings is 2. The van der Waals surface area contributed by atoms with Crippen LogP contribution >= 0.6 is 0 Å². The molecule has 1 heterocycles. The van der Waals surface area contributed by atoms with Gasteiger partial charge >= 0.3 is 0 Å². The summed E-state index contributed by atoms with van der Waals surface area (Å²) >= 11 is 0. The van der Waals surface area contributed by atoms with Crippen molar-refractivity contribution in [3.8, 4) is 11.3 Å². The number of hydrogen-bond acceptors (Lipinski definition) is 2. The lowest BCUT2D eigenvalue weighted by Gasteiger charge is -2.19. The molecule has 0 bridgehead atoms. The van der Waals surface area contributed by atoms with Crippen LogP contribution in [0, 0.1) is 0 Å². The largest absolute Gasteiger partial charge is 0.236 e. The molecule has 2 aromatic carbocycles. The zero-order valence-corrected chi connectivity index (χ0v) is 13.7. The predicted molar refractivity (Wildman–Crippen MR) is 93.1 cm³/mol. The molecule has 1 aromatic heterocycles. The van der Waals surface area contributed by atoms with Crippen LogP contribution in [0.4, 0.5) is 0 Å². The second kappa shape index (κ2) is 5.53. The molecule has 0 spiro atoms. The molecule has 0 atom stereocenters. The maximum absolute atomic E-state index is 4.53. The molecular formula is C20H22N2. The summed E-state index contributed by atoms with van der Waals surface area (Å²) in [5.41, 5.74) is 6.00. The van der Waals surface area contributed by atoms with Gasteiger partial charge < -0.3 is 0 Å². The molecular weight excluding hydrogens is 268 g/mol. The van der Waals surface area contributed by atoms with E-state index in [2.05, 4.69) is 80.1 Å². The summed E-state index contributed by atoms with van der Waals surface area (Å²) in [6.07, 6.45) is 2.66. The quantitative estimate of drug-likeness (QED) is 0.651. The third kappa shape index (κ3) is 2.61. The topological polar surface area (TPSA) is 25.8 Å². The van der Waals surface area contributed by atoms with Gasteiger partial charge in [0.15, 0.2) is 0 Å².